The van der Waals surface area contributed by atoms with Gasteiger partial charge in [-0.2, -0.15) is 0 Å². The van der Waals surface area contributed by atoms with Gasteiger partial charge in [-0.1, -0.05) is 61.0 Å². The minimum absolute atomic E-state index is 0.0950. The van der Waals surface area contributed by atoms with Crippen LogP contribution in [0.3, 0.4) is 0 Å². The van der Waals surface area contributed by atoms with Gasteiger partial charge in [-0.3, -0.25) is 4.79 Å². The number of amides is 1. The second kappa shape index (κ2) is 11.3. The maximum Gasteiger partial charge on any atom is 0.269 e. The fraction of sp³-hybridized carbons (Fsp3) is 0.278. The predicted octanol–water partition coefficient (Wildman–Crippen LogP) is 6.60. The first-order valence-electron chi connectivity index (χ1n) is 14.9. The Kier molecular flexibility index (Phi) is 7.68. The number of carbonyl (C=O) groups excluding carboxylic acids is 1. The van der Waals surface area contributed by atoms with Crippen LogP contribution in [0.5, 0.6) is 0 Å². The molecule has 1 fully saturated rings. The van der Waals surface area contributed by atoms with E-state index in [9.17, 15) is 13.2 Å². The molecular weight excluding hydrogens is 568 g/mol. The molecule has 44 heavy (non-hydrogen) atoms. The molecule has 5 aromatic rings. The van der Waals surface area contributed by atoms with Gasteiger partial charge in [-0.15, -0.1) is 0 Å². The summed E-state index contributed by atoms with van der Waals surface area (Å²) in [6, 6.07) is 24.8. The summed E-state index contributed by atoms with van der Waals surface area (Å²) in [5, 5.41) is 0.719. The largest absolute Gasteiger partial charge is 0.345 e. The number of hydrogen-bond donors (Lipinski definition) is 0. The van der Waals surface area contributed by atoms with Crippen molar-refractivity contribution < 1.29 is 13.2 Å². The number of pyridine rings is 1. The van der Waals surface area contributed by atoms with Crippen LogP contribution in [0.2, 0.25) is 0 Å². The smallest absolute Gasteiger partial charge is 0.269 e. The molecule has 7 nitrogen and oxygen atoms in total. The van der Waals surface area contributed by atoms with Crippen LogP contribution in [0.1, 0.15) is 41.3 Å². The highest BCUT2D eigenvalue weighted by Crippen LogP contribution is 2.38. The molecule has 0 N–H and O–H groups in total. The van der Waals surface area contributed by atoms with E-state index in [-0.39, 0.29) is 16.2 Å². The quantitative estimate of drug-likeness (QED) is 0.218. The fourth-order valence-corrected chi connectivity index (χ4v) is 7.32. The molecule has 226 valence electrons. The average Bonchev–Trinajstić information content (AvgIpc) is 3.42. The van der Waals surface area contributed by atoms with Crippen LogP contribution in [0, 0.1) is 6.92 Å². The Morgan fingerprint density at radius 2 is 1.48 bits per heavy atom. The number of aryl methyl sites for hydroxylation is 1. The molecule has 1 amide bonds. The van der Waals surface area contributed by atoms with Gasteiger partial charge in [0.1, 0.15) is 0 Å². The van der Waals surface area contributed by atoms with Crippen LogP contribution in [-0.2, 0) is 15.4 Å². The van der Waals surface area contributed by atoms with Crippen molar-refractivity contribution in [3.8, 4) is 22.3 Å². The number of piperidine rings is 1. The minimum Gasteiger partial charge on any atom is -0.345 e. The van der Waals surface area contributed by atoms with Crippen LogP contribution in [0.4, 0.5) is 0 Å². The lowest BCUT2D eigenvalue weighted by atomic mass is 9.74. The molecule has 0 atom stereocenters. The second-order valence-corrected chi connectivity index (χ2v) is 14.3. The molecule has 0 saturated carbocycles. The molecule has 2 aromatic heterocycles. The SMILES string of the molecule is Cc1ccc(S(=O)(=O)n2cc(-c3ccc(C(=O)N(C)C)cc3)c3cc(-c4ccc(C5(C)CCN(C)CC5)cc4)cnc32)cc1. The Morgan fingerprint density at radius 3 is 2.09 bits per heavy atom. The van der Waals surface area contributed by atoms with Gasteiger partial charge in [0.25, 0.3) is 15.9 Å². The molecule has 6 rings (SSSR count). The first-order valence-corrected chi connectivity index (χ1v) is 16.4. The molecular formula is C36H38N4O3S. The van der Waals surface area contributed by atoms with Crippen molar-refractivity contribution in [2.45, 2.75) is 37.0 Å². The lowest BCUT2D eigenvalue weighted by Gasteiger charge is -2.38. The van der Waals surface area contributed by atoms with Crippen molar-refractivity contribution in [1.82, 2.24) is 18.8 Å². The lowest BCUT2D eigenvalue weighted by molar-refractivity contribution is 0.0827. The van der Waals surface area contributed by atoms with Gasteiger partial charge in [0.2, 0.25) is 0 Å². The topological polar surface area (TPSA) is 75.5 Å². The van der Waals surface area contributed by atoms with E-state index >= 15 is 0 Å². The van der Waals surface area contributed by atoms with Crippen LogP contribution < -0.4 is 0 Å². The fourth-order valence-electron chi connectivity index (χ4n) is 5.99. The van der Waals surface area contributed by atoms with Crippen molar-refractivity contribution in [1.29, 1.82) is 0 Å². The van der Waals surface area contributed by atoms with Gasteiger partial charge in [-0.25, -0.2) is 17.4 Å². The van der Waals surface area contributed by atoms with Gasteiger partial charge in [0.15, 0.2) is 5.65 Å². The Bertz CT molecular complexity index is 1930. The number of fused-ring (bicyclic) bond motifs is 1. The zero-order chi connectivity index (χ0) is 31.2. The van der Waals surface area contributed by atoms with Crippen LogP contribution in [0.15, 0.2) is 96.2 Å². The van der Waals surface area contributed by atoms with Crippen molar-refractivity contribution >= 4 is 27.0 Å². The first kappa shape index (κ1) is 29.8. The molecule has 0 bridgehead atoms. The van der Waals surface area contributed by atoms with E-state index in [1.54, 1.807) is 62.9 Å². The number of nitrogens with zero attached hydrogens (tertiary/aromatic N) is 4. The van der Waals surface area contributed by atoms with E-state index in [1.165, 1.54) is 14.4 Å². The van der Waals surface area contributed by atoms with E-state index in [1.807, 2.05) is 25.1 Å². The average molecular weight is 607 g/mol. The van der Waals surface area contributed by atoms with Gasteiger partial charge in [-0.05, 0) is 92.3 Å². The normalized spacial score (nSPS) is 15.4. The number of rotatable bonds is 6. The Hall–Kier alpha value is -4.27. The Balaban J connectivity index is 1.45. The van der Waals surface area contributed by atoms with E-state index < -0.39 is 10.0 Å². The highest BCUT2D eigenvalue weighted by molar-refractivity contribution is 7.90. The molecule has 3 aromatic carbocycles. The number of likely N-dealkylation sites (tertiary alicyclic amines) is 1. The first-order chi connectivity index (χ1) is 21.0. The van der Waals surface area contributed by atoms with Gasteiger partial charge in [0.05, 0.1) is 4.90 Å². The second-order valence-electron chi connectivity index (χ2n) is 12.5. The molecule has 0 aliphatic carbocycles. The highest BCUT2D eigenvalue weighted by Gasteiger charge is 2.30. The van der Waals surface area contributed by atoms with Gasteiger partial charge < -0.3 is 9.80 Å². The minimum atomic E-state index is -3.92. The molecule has 1 aliphatic heterocycles. The molecule has 8 heteroatoms. The third kappa shape index (κ3) is 5.44. The van der Waals surface area contributed by atoms with Gasteiger partial charge in [0, 0.05) is 48.6 Å². The maximum absolute atomic E-state index is 13.9. The molecule has 1 aliphatic rings. The van der Waals surface area contributed by atoms with Crippen LogP contribution in [0.25, 0.3) is 33.3 Å². The number of carbonyl (C=O) groups is 1. The number of aromatic nitrogens is 2. The van der Waals surface area contributed by atoms with Crippen molar-refractivity contribution in [2.75, 3.05) is 34.2 Å². The van der Waals surface area contributed by atoms with Crippen LogP contribution >= 0.6 is 0 Å². The number of hydrogen-bond acceptors (Lipinski definition) is 5. The summed E-state index contributed by atoms with van der Waals surface area (Å²) in [5.74, 6) is -0.0950. The van der Waals surface area contributed by atoms with E-state index in [2.05, 4.69) is 43.1 Å². The van der Waals surface area contributed by atoms with Crippen molar-refractivity contribution in [3.05, 3.63) is 108 Å². The molecule has 3 heterocycles. The summed E-state index contributed by atoms with van der Waals surface area (Å²) in [4.78, 5) is 21.4. The molecule has 0 spiro atoms. The van der Waals surface area contributed by atoms with Crippen molar-refractivity contribution in [2.24, 2.45) is 0 Å². The van der Waals surface area contributed by atoms with E-state index in [4.69, 9.17) is 4.98 Å². The molecule has 1 saturated heterocycles. The summed E-state index contributed by atoms with van der Waals surface area (Å²) in [7, 11) is 1.69. The lowest BCUT2D eigenvalue weighted by Crippen LogP contribution is -2.38. The zero-order valence-corrected chi connectivity index (χ0v) is 26.7. The third-order valence-electron chi connectivity index (χ3n) is 9.04. The summed E-state index contributed by atoms with van der Waals surface area (Å²) in [5.41, 5.74) is 6.84. The predicted molar refractivity (Wildman–Crippen MR) is 176 cm³/mol. The van der Waals surface area contributed by atoms with E-state index in [0.717, 1.165) is 59.1 Å². The summed E-state index contributed by atoms with van der Waals surface area (Å²) in [6.45, 7) is 6.46. The van der Waals surface area contributed by atoms with E-state index in [0.29, 0.717) is 11.2 Å². The highest BCUT2D eigenvalue weighted by atomic mass is 32.2. The number of benzene rings is 3. The molecule has 0 radical (unpaired) electrons. The summed E-state index contributed by atoms with van der Waals surface area (Å²) in [6.07, 6.45) is 5.64. The Morgan fingerprint density at radius 1 is 0.864 bits per heavy atom. The summed E-state index contributed by atoms with van der Waals surface area (Å²) < 4.78 is 29.0. The standard InChI is InChI=1S/C36H38N4O3S/c1-25-6-16-31(17-7-25)44(42,43)40-24-33(27-8-10-28(11-9-27)35(41)38(3)4)32-22-29(23-37-34(32)40)26-12-14-30(15-13-26)36(2)18-20-39(5)21-19-36/h6-17,22-24H,18-21H2,1-5H3. The zero-order valence-electron chi connectivity index (χ0n) is 25.9. The summed E-state index contributed by atoms with van der Waals surface area (Å²) >= 11 is 0. The monoisotopic (exact) mass is 606 g/mol. The van der Waals surface area contributed by atoms with Gasteiger partial charge >= 0.3 is 0 Å². The van der Waals surface area contributed by atoms with Crippen molar-refractivity contribution in [3.63, 3.8) is 0 Å². The molecule has 0 unspecified atom stereocenters. The Labute approximate surface area is 259 Å². The third-order valence-corrected chi connectivity index (χ3v) is 10.7. The van der Waals surface area contributed by atoms with Crippen LogP contribution in [-0.4, -0.2) is 67.3 Å². The maximum atomic E-state index is 13.9.